The number of amides is 1. The van der Waals surface area contributed by atoms with Crippen molar-refractivity contribution in [3.63, 3.8) is 0 Å². The van der Waals surface area contributed by atoms with Crippen molar-refractivity contribution in [3.8, 4) is 0 Å². The Hall–Kier alpha value is -2.62. The summed E-state index contributed by atoms with van der Waals surface area (Å²) in [5, 5.41) is 11.2. The van der Waals surface area contributed by atoms with Gasteiger partial charge in [-0.25, -0.2) is 9.37 Å². The Labute approximate surface area is 177 Å². The van der Waals surface area contributed by atoms with Gasteiger partial charge in [0.05, 0.1) is 16.0 Å². The molecule has 0 atom stereocenters. The molecule has 0 bridgehead atoms. The maximum absolute atomic E-state index is 14.0. The Morgan fingerprint density at radius 2 is 1.86 bits per heavy atom. The van der Waals surface area contributed by atoms with E-state index in [2.05, 4.69) is 4.98 Å². The molecule has 0 saturated heterocycles. The summed E-state index contributed by atoms with van der Waals surface area (Å²) in [4.78, 5) is 31.1. The molecule has 1 amide bonds. The van der Waals surface area contributed by atoms with Crippen molar-refractivity contribution in [2.75, 3.05) is 32.1 Å². The number of anilines is 1. The monoisotopic (exact) mass is 438 g/mol. The number of aromatic nitrogens is 1. The minimum absolute atomic E-state index is 0. The van der Waals surface area contributed by atoms with Gasteiger partial charge >= 0.3 is 0 Å². The fourth-order valence-corrected chi connectivity index (χ4v) is 3.67. The van der Waals surface area contributed by atoms with Gasteiger partial charge in [-0.1, -0.05) is 29.5 Å². The number of thiazole rings is 1. The number of rotatable bonds is 7. The molecule has 1 aromatic heterocycles. The normalized spacial score (nSPS) is 10.8. The molecule has 10 heteroatoms. The number of hydrogen-bond donors (Lipinski definition) is 0. The molecule has 3 rings (SSSR count). The number of nitrogens with zero attached hydrogens (tertiary/aromatic N) is 4. The topological polar surface area (TPSA) is 79.6 Å². The van der Waals surface area contributed by atoms with Gasteiger partial charge in [0, 0.05) is 25.2 Å². The predicted octanol–water partition coefficient (Wildman–Crippen LogP) is 3.90. The van der Waals surface area contributed by atoms with Gasteiger partial charge in [0.2, 0.25) is 5.91 Å². The van der Waals surface area contributed by atoms with Crippen LogP contribution in [0.1, 0.15) is 5.56 Å². The second-order valence-corrected chi connectivity index (χ2v) is 7.54. The average molecular weight is 439 g/mol. The number of non-ortho nitro benzene ring substituents is 1. The first-order valence-electron chi connectivity index (χ1n) is 8.58. The minimum atomic E-state index is -0.481. The molecule has 0 aliphatic rings. The molecule has 3 aromatic rings. The Bertz CT molecular complexity index is 1010. The number of fused-ring (bicyclic) bond motifs is 1. The number of hydrogen-bond acceptors (Lipinski definition) is 6. The zero-order valence-electron chi connectivity index (χ0n) is 15.9. The fraction of sp³-hybridized carbons (Fsp3) is 0.263. The third-order valence-electron chi connectivity index (χ3n) is 4.16. The summed E-state index contributed by atoms with van der Waals surface area (Å²) in [6, 6.07) is 10.6. The van der Waals surface area contributed by atoms with Crippen molar-refractivity contribution in [1.82, 2.24) is 9.88 Å². The number of carbonyl (C=O) groups excluding carboxylic acids is 1. The summed E-state index contributed by atoms with van der Waals surface area (Å²) >= 11 is 1.26. The quantitative estimate of drug-likeness (QED) is 0.413. The summed E-state index contributed by atoms with van der Waals surface area (Å²) in [6.45, 7) is 1.02. The number of halogens is 2. The lowest BCUT2D eigenvalue weighted by atomic mass is 10.1. The van der Waals surface area contributed by atoms with E-state index < -0.39 is 10.7 Å². The molecule has 0 radical (unpaired) electrons. The van der Waals surface area contributed by atoms with E-state index in [0.29, 0.717) is 28.5 Å². The van der Waals surface area contributed by atoms with E-state index in [1.165, 1.54) is 29.5 Å². The first-order chi connectivity index (χ1) is 13.3. The fourth-order valence-electron chi connectivity index (χ4n) is 2.65. The van der Waals surface area contributed by atoms with Crippen LogP contribution in [0.2, 0.25) is 0 Å². The van der Waals surface area contributed by atoms with Crippen LogP contribution < -0.4 is 4.90 Å². The molecule has 0 aliphatic carbocycles. The summed E-state index contributed by atoms with van der Waals surface area (Å²) < 4.78 is 14.7. The van der Waals surface area contributed by atoms with Crippen LogP contribution in [0.3, 0.4) is 0 Å². The molecule has 2 aromatic carbocycles. The zero-order valence-corrected chi connectivity index (χ0v) is 17.5. The number of nitro groups is 1. The van der Waals surface area contributed by atoms with Crippen LogP contribution in [0, 0.1) is 15.9 Å². The standard InChI is InChI=1S/C19H19FN4O3S.ClH/c1-22(2)10-11-23(19-21-18-15(20)4-3-5-16(18)28-19)17(25)12-13-6-8-14(9-7-13)24(26)27;/h3-9H,10-12H2,1-2H3;1H. The van der Waals surface area contributed by atoms with Gasteiger partial charge in [-0.05, 0) is 31.8 Å². The molecular formula is C19H20ClFN4O3S. The third-order valence-corrected chi connectivity index (χ3v) is 5.21. The van der Waals surface area contributed by atoms with Gasteiger partial charge in [0.15, 0.2) is 5.13 Å². The van der Waals surface area contributed by atoms with Crippen LogP contribution in [0.25, 0.3) is 10.2 Å². The van der Waals surface area contributed by atoms with Crippen LogP contribution >= 0.6 is 23.7 Å². The SMILES string of the molecule is CN(C)CCN(C(=O)Cc1ccc([N+](=O)[O-])cc1)c1nc2c(F)cccc2s1.Cl. The predicted molar refractivity (Wildman–Crippen MR) is 115 cm³/mol. The maximum Gasteiger partial charge on any atom is 0.269 e. The summed E-state index contributed by atoms with van der Waals surface area (Å²) in [7, 11) is 3.80. The van der Waals surface area contributed by atoms with Crippen LogP contribution in [-0.2, 0) is 11.2 Å². The van der Waals surface area contributed by atoms with Crippen LogP contribution in [0.15, 0.2) is 42.5 Å². The number of nitro benzene ring substituents is 1. The number of benzene rings is 2. The molecule has 154 valence electrons. The highest BCUT2D eigenvalue weighted by molar-refractivity contribution is 7.22. The van der Waals surface area contributed by atoms with Crippen molar-refractivity contribution in [2.24, 2.45) is 0 Å². The highest BCUT2D eigenvalue weighted by atomic mass is 35.5. The zero-order chi connectivity index (χ0) is 20.3. The third kappa shape index (κ3) is 5.47. The lowest BCUT2D eigenvalue weighted by Crippen LogP contribution is -2.37. The molecule has 0 aliphatic heterocycles. The number of carbonyl (C=O) groups is 1. The first kappa shape index (κ1) is 22.7. The van der Waals surface area contributed by atoms with Crippen molar-refractivity contribution in [3.05, 3.63) is 64.0 Å². The van der Waals surface area contributed by atoms with Crippen LogP contribution in [0.5, 0.6) is 0 Å². The Kier molecular flexibility index (Phi) is 7.60. The smallest absolute Gasteiger partial charge is 0.269 e. The molecule has 0 saturated carbocycles. The molecule has 0 N–H and O–H groups in total. The van der Waals surface area contributed by atoms with E-state index in [4.69, 9.17) is 0 Å². The van der Waals surface area contributed by atoms with Gasteiger partial charge in [-0.3, -0.25) is 19.8 Å². The van der Waals surface area contributed by atoms with Crippen LogP contribution in [-0.4, -0.2) is 47.9 Å². The highest BCUT2D eigenvalue weighted by Crippen LogP contribution is 2.30. The van der Waals surface area contributed by atoms with E-state index in [1.807, 2.05) is 19.0 Å². The first-order valence-corrected chi connectivity index (χ1v) is 9.40. The van der Waals surface area contributed by atoms with E-state index >= 15 is 0 Å². The molecule has 0 spiro atoms. The number of likely N-dealkylation sites (N-methyl/N-ethyl adjacent to an activating group) is 1. The van der Waals surface area contributed by atoms with Crippen molar-refractivity contribution >= 4 is 50.7 Å². The van der Waals surface area contributed by atoms with Gasteiger partial charge in [-0.2, -0.15) is 0 Å². The Morgan fingerprint density at radius 1 is 1.17 bits per heavy atom. The van der Waals surface area contributed by atoms with E-state index in [-0.39, 0.29) is 35.9 Å². The lowest BCUT2D eigenvalue weighted by Gasteiger charge is -2.22. The average Bonchev–Trinajstić information content (AvgIpc) is 3.07. The van der Waals surface area contributed by atoms with Crippen LogP contribution in [0.4, 0.5) is 15.2 Å². The summed E-state index contributed by atoms with van der Waals surface area (Å²) in [5.74, 6) is -0.620. The number of para-hydroxylation sites is 1. The summed E-state index contributed by atoms with van der Waals surface area (Å²) in [5.41, 5.74) is 0.889. The van der Waals surface area contributed by atoms with Gasteiger partial charge in [0.25, 0.3) is 5.69 Å². The minimum Gasteiger partial charge on any atom is -0.308 e. The molecule has 1 heterocycles. The van der Waals surface area contributed by atoms with E-state index in [1.54, 1.807) is 29.2 Å². The lowest BCUT2D eigenvalue weighted by molar-refractivity contribution is -0.384. The highest BCUT2D eigenvalue weighted by Gasteiger charge is 2.21. The van der Waals surface area contributed by atoms with Crippen molar-refractivity contribution in [1.29, 1.82) is 0 Å². The van der Waals surface area contributed by atoms with E-state index in [9.17, 15) is 19.3 Å². The molecular weight excluding hydrogens is 419 g/mol. The largest absolute Gasteiger partial charge is 0.308 e. The van der Waals surface area contributed by atoms with Crippen molar-refractivity contribution in [2.45, 2.75) is 6.42 Å². The molecule has 29 heavy (non-hydrogen) atoms. The Morgan fingerprint density at radius 3 is 2.45 bits per heavy atom. The summed E-state index contributed by atoms with van der Waals surface area (Å²) in [6.07, 6.45) is 0.0732. The van der Waals surface area contributed by atoms with Gasteiger partial charge in [0.1, 0.15) is 11.3 Å². The van der Waals surface area contributed by atoms with E-state index in [0.717, 1.165) is 0 Å². The molecule has 0 unspecified atom stereocenters. The van der Waals surface area contributed by atoms with Crippen molar-refractivity contribution < 1.29 is 14.1 Å². The second-order valence-electron chi connectivity index (χ2n) is 6.53. The van der Waals surface area contributed by atoms with Gasteiger partial charge in [-0.15, -0.1) is 12.4 Å². The second kappa shape index (κ2) is 9.73. The molecule has 0 fully saturated rings. The Balaban J connectivity index is 0.00000300. The molecule has 7 nitrogen and oxygen atoms in total. The van der Waals surface area contributed by atoms with Gasteiger partial charge < -0.3 is 4.90 Å². The maximum atomic E-state index is 14.0.